The molecule has 0 unspecified atom stereocenters. The second-order valence-electron chi connectivity index (χ2n) is 6.04. The second-order valence-corrected chi connectivity index (χ2v) is 6.04. The Labute approximate surface area is 133 Å². The number of hydrogen-bond donors (Lipinski definition) is 1. The van der Waals surface area contributed by atoms with E-state index in [0.717, 1.165) is 18.5 Å². The van der Waals surface area contributed by atoms with Crippen LogP contribution in [-0.4, -0.2) is 50.6 Å². The van der Waals surface area contributed by atoms with Crippen LogP contribution in [-0.2, 0) is 6.54 Å². The monoisotopic (exact) mass is 333 g/mol. The number of carbonyl (C=O) groups is 1. The highest BCUT2D eigenvalue weighted by Gasteiger charge is 2.55. The van der Waals surface area contributed by atoms with Crippen LogP contribution in [0.15, 0.2) is 6.20 Å². The van der Waals surface area contributed by atoms with E-state index in [1.807, 2.05) is 0 Å². The highest BCUT2D eigenvalue weighted by atomic mass is 19.4. The molecule has 0 bridgehead atoms. The maximum atomic E-state index is 12.8. The standard InChI is InChI=1S/C15H22F3N3O2/c1-3-4-7-21-11(2)12(10-19-21)13(22)20-8-5-14(23,6-9-20)15(16,17)18/h10,23H,3-9H2,1-2H3. The smallest absolute Gasteiger partial charge is 0.380 e. The van der Waals surface area contributed by atoms with E-state index in [4.69, 9.17) is 0 Å². The molecule has 130 valence electrons. The summed E-state index contributed by atoms with van der Waals surface area (Å²) < 4.78 is 40.1. The number of unbranched alkanes of at least 4 members (excludes halogenated alkanes) is 1. The number of halogens is 3. The molecule has 1 aromatic heterocycles. The number of likely N-dealkylation sites (tertiary alicyclic amines) is 1. The van der Waals surface area contributed by atoms with Gasteiger partial charge in [-0.3, -0.25) is 9.48 Å². The molecule has 0 spiro atoms. The first-order valence-corrected chi connectivity index (χ1v) is 7.80. The van der Waals surface area contributed by atoms with Crippen LogP contribution < -0.4 is 0 Å². The zero-order chi connectivity index (χ0) is 17.3. The van der Waals surface area contributed by atoms with Gasteiger partial charge in [-0.05, 0) is 13.3 Å². The lowest BCUT2D eigenvalue weighted by Gasteiger charge is -2.39. The van der Waals surface area contributed by atoms with Gasteiger partial charge in [-0.1, -0.05) is 13.3 Å². The molecule has 2 heterocycles. The molecule has 23 heavy (non-hydrogen) atoms. The van der Waals surface area contributed by atoms with E-state index in [1.165, 1.54) is 11.1 Å². The van der Waals surface area contributed by atoms with E-state index >= 15 is 0 Å². The van der Waals surface area contributed by atoms with Crippen molar-refractivity contribution in [2.24, 2.45) is 0 Å². The van der Waals surface area contributed by atoms with Crippen LogP contribution in [0, 0.1) is 6.92 Å². The number of piperidine rings is 1. The van der Waals surface area contributed by atoms with Crippen molar-refractivity contribution in [1.82, 2.24) is 14.7 Å². The molecule has 5 nitrogen and oxygen atoms in total. The van der Waals surface area contributed by atoms with Crippen molar-refractivity contribution >= 4 is 5.91 Å². The van der Waals surface area contributed by atoms with Crippen molar-refractivity contribution in [1.29, 1.82) is 0 Å². The van der Waals surface area contributed by atoms with E-state index < -0.39 is 24.6 Å². The van der Waals surface area contributed by atoms with Gasteiger partial charge in [0.05, 0.1) is 11.8 Å². The van der Waals surface area contributed by atoms with Gasteiger partial charge in [-0.15, -0.1) is 0 Å². The largest absolute Gasteiger partial charge is 0.417 e. The normalized spacial score (nSPS) is 18.3. The van der Waals surface area contributed by atoms with Gasteiger partial charge in [0, 0.05) is 38.2 Å². The molecule has 1 aliphatic heterocycles. The molecular weight excluding hydrogens is 311 g/mol. The third-order valence-electron chi connectivity index (χ3n) is 4.46. The lowest BCUT2D eigenvalue weighted by Crippen LogP contribution is -2.54. The van der Waals surface area contributed by atoms with E-state index in [1.54, 1.807) is 11.6 Å². The topological polar surface area (TPSA) is 58.4 Å². The average Bonchev–Trinajstić information content (AvgIpc) is 2.85. The summed E-state index contributed by atoms with van der Waals surface area (Å²) >= 11 is 0. The van der Waals surface area contributed by atoms with Gasteiger partial charge in [-0.25, -0.2) is 0 Å². The summed E-state index contributed by atoms with van der Waals surface area (Å²) in [6, 6.07) is 0. The Bertz CT molecular complexity index is 561. The second kappa shape index (κ2) is 6.51. The Hall–Kier alpha value is -1.57. The van der Waals surface area contributed by atoms with Crippen molar-refractivity contribution in [2.75, 3.05) is 13.1 Å². The lowest BCUT2D eigenvalue weighted by atomic mass is 9.90. The first-order chi connectivity index (χ1) is 10.7. The third-order valence-corrected chi connectivity index (χ3v) is 4.46. The minimum atomic E-state index is -4.66. The lowest BCUT2D eigenvalue weighted by molar-refractivity contribution is -0.271. The fraction of sp³-hybridized carbons (Fsp3) is 0.733. The summed E-state index contributed by atoms with van der Waals surface area (Å²) in [5, 5.41) is 13.8. The average molecular weight is 333 g/mol. The number of hydrogen-bond acceptors (Lipinski definition) is 3. The SMILES string of the molecule is CCCCn1ncc(C(=O)N2CCC(O)(C(F)(F)F)CC2)c1C. The fourth-order valence-corrected chi connectivity index (χ4v) is 2.72. The third kappa shape index (κ3) is 3.52. The Morgan fingerprint density at radius 2 is 2.00 bits per heavy atom. The number of rotatable bonds is 4. The van der Waals surface area contributed by atoms with Crippen LogP contribution in [0.4, 0.5) is 13.2 Å². The van der Waals surface area contributed by atoms with E-state index in [2.05, 4.69) is 12.0 Å². The van der Waals surface area contributed by atoms with Gasteiger partial charge in [0.1, 0.15) is 0 Å². The Morgan fingerprint density at radius 1 is 1.39 bits per heavy atom. The number of carbonyl (C=O) groups excluding carboxylic acids is 1. The highest BCUT2D eigenvalue weighted by Crippen LogP contribution is 2.38. The Balaban J connectivity index is 2.04. The van der Waals surface area contributed by atoms with E-state index in [9.17, 15) is 23.1 Å². The van der Waals surface area contributed by atoms with Crippen molar-refractivity contribution in [3.05, 3.63) is 17.5 Å². The summed E-state index contributed by atoms with van der Waals surface area (Å²) in [6.45, 7) is 4.32. The predicted octanol–water partition coefficient (Wildman–Crippen LogP) is 2.52. The first-order valence-electron chi connectivity index (χ1n) is 7.80. The van der Waals surface area contributed by atoms with Crippen molar-refractivity contribution in [3.63, 3.8) is 0 Å². The minimum Gasteiger partial charge on any atom is -0.380 e. The molecule has 0 aromatic carbocycles. The summed E-state index contributed by atoms with van der Waals surface area (Å²) in [5.74, 6) is -0.325. The van der Waals surface area contributed by atoms with Crippen molar-refractivity contribution < 1.29 is 23.1 Å². The summed E-state index contributed by atoms with van der Waals surface area (Å²) in [7, 11) is 0. The Kier molecular flexibility index (Phi) is 5.03. The maximum Gasteiger partial charge on any atom is 0.417 e. The molecule has 1 saturated heterocycles. The Morgan fingerprint density at radius 3 is 2.52 bits per heavy atom. The van der Waals surface area contributed by atoms with E-state index in [-0.39, 0.29) is 19.0 Å². The van der Waals surface area contributed by atoms with E-state index in [0.29, 0.717) is 12.1 Å². The molecule has 2 rings (SSSR count). The number of aryl methyl sites for hydroxylation is 1. The fourth-order valence-electron chi connectivity index (χ4n) is 2.72. The van der Waals surface area contributed by atoms with Crippen molar-refractivity contribution in [3.8, 4) is 0 Å². The zero-order valence-electron chi connectivity index (χ0n) is 13.4. The van der Waals surface area contributed by atoms with Gasteiger partial charge >= 0.3 is 6.18 Å². The van der Waals surface area contributed by atoms with Crippen LogP contribution in [0.2, 0.25) is 0 Å². The molecule has 1 aliphatic rings. The number of aromatic nitrogens is 2. The molecule has 1 fully saturated rings. The minimum absolute atomic E-state index is 0.117. The maximum absolute atomic E-state index is 12.8. The number of alkyl halides is 3. The van der Waals surface area contributed by atoms with Gasteiger partial charge in [-0.2, -0.15) is 18.3 Å². The number of aliphatic hydroxyl groups is 1. The van der Waals surface area contributed by atoms with Crippen LogP contribution in [0.25, 0.3) is 0 Å². The molecule has 0 aliphatic carbocycles. The van der Waals surface area contributed by atoms with Crippen LogP contribution in [0.5, 0.6) is 0 Å². The zero-order valence-corrected chi connectivity index (χ0v) is 13.4. The highest BCUT2D eigenvalue weighted by molar-refractivity contribution is 5.95. The summed E-state index contributed by atoms with van der Waals surface area (Å²) in [4.78, 5) is 13.8. The van der Waals surface area contributed by atoms with Gasteiger partial charge in [0.2, 0.25) is 0 Å². The molecule has 0 saturated carbocycles. The van der Waals surface area contributed by atoms with Gasteiger partial charge in [0.25, 0.3) is 5.91 Å². The van der Waals surface area contributed by atoms with Gasteiger partial charge in [0.15, 0.2) is 5.60 Å². The van der Waals surface area contributed by atoms with Crippen molar-refractivity contribution in [2.45, 2.75) is 57.9 Å². The van der Waals surface area contributed by atoms with Crippen LogP contribution in [0.1, 0.15) is 48.7 Å². The molecule has 1 amide bonds. The molecule has 0 radical (unpaired) electrons. The summed E-state index contributed by atoms with van der Waals surface area (Å²) in [5.41, 5.74) is -1.55. The molecular formula is C15H22F3N3O2. The molecule has 1 N–H and O–H groups in total. The van der Waals surface area contributed by atoms with Crippen LogP contribution >= 0.6 is 0 Å². The predicted molar refractivity (Wildman–Crippen MR) is 78.0 cm³/mol. The molecule has 0 atom stereocenters. The van der Waals surface area contributed by atoms with Gasteiger partial charge < -0.3 is 10.0 Å². The number of amides is 1. The first kappa shape index (κ1) is 17.8. The molecule has 1 aromatic rings. The quantitative estimate of drug-likeness (QED) is 0.921. The number of nitrogens with zero attached hydrogens (tertiary/aromatic N) is 3. The molecule has 8 heteroatoms. The summed E-state index contributed by atoms with van der Waals surface area (Å²) in [6.07, 6.45) is -2.24. The van der Waals surface area contributed by atoms with Crippen LogP contribution in [0.3, 0.4) is 0 Å².